The molecule has 0 spiro atoms. The maximum atomic E-state index is 12.4. The van der Waals surface area contributed by atoms with E-state index in [2.05, 4.69) is 27.4 Å². The second-order valence-electron chi connectivity index (χ2n) is 6.14. The Morgan fingerprint density at radius 3 is 2.75 bits per heavy atom. The molecule has 1 fully saturated rings. The Morgan fingerprint density at radius 1 is 1.21 bits per heavy atom. The van der Waals surface area contributed by atoms with E-state index < -0.39 is 0 Å². The summed E-state index contributed by atoms with van der Waals surface area (Å²) in [7, 11) is 0. The Labute approximate surface area is 144 Å². The number of carbonyl (C=O) groups is 1. The Kier molecular flexibility index (Phi) is 4.25. The Morgan fingerprint density at radius 2 is 2.00 bits per heavy atom. The molecule has 3 heterocycles. The number of rotatable bonds is 4. The van der Waals surface area contributed by atoms with Gasteiger partial charge in [-0.15, -0.1) is 10.2 Å². The lowest BCUT2D eigenvalue weighted by Gasteiger charge is -2.31. The van der Waals surface area contributed by atoms with Crippen LogP contribution in [0.4, 0.5) is 0 Å². The summed E-state index contributed by atoms with van der Waals surface area (Å²) in [6.45, 7) is 1.64. The first-order chi connectivity index (χ1) is 11.8. The molecule has 0 aliphatic carbocycles. The van der Waals surface area contributed by atoms with Gasteiger partial charge in [0.1, 0.15) is 11.3 Å². The number of piperidine rings is 1. The van der Waals surface area contributed by atoms with E-state index in [0.717, 1.165) is 42.3 Å². The van der Waals surface area contributed by atoms with E-state index in [0.29, 0.717) is 12.3 Å². The van der Waals surface area contributed by atoms with Gasteiger partial charge in [0.15, 0.2) is 0 Å². The average Bonchev–Trinajstić information content (AvgIpc) is 3.23. The number of fused-ring (bicyclic) bond motifs is 1. The van der Waals surface area contributed by atoms with Crippen molar-refractivity contribution < 1.29 is 4.79 Å². The number of amides is 1. The van der Waals surface area contributed by atoms with Crippen molar-refractivity contribution in [2.45, 2.75) is 31.6 Å². The molecule has 0 N–H and O–H groups in total. The number of aryl methyl sites for hydroxylation is 1. The maximum Gasteiger partial charge on any atom is 0.234 e. The smallest absolute Gasteiger partial charge is 0.234 e. The normalized spacial score (nSPS) is 15.9. The van der Waals surface area contributed by atoms with Crippen molar-refractivity contribution in [1.82, 2.24) is 24.7 Å². The molecule has 124 valence electrons. The van der Waals surface area contributed by atoms with Gasteiger partial charge in [0, 0.05) is 25.4 Å². The van der Waals surface area contributed by atoms with Crippen molar-refractivity contribution in [1.29, 1.82) is 0 Å². The van der Waals surface area contributed by atoms with E-state index in [9.17, 15) is 4.79 Å². The molecule has 1 saturated heterocycles. The van der Waals surface area contributed by atoms with E-state index in [1.165, 1.54) is 5.56 Å². The number of hydrogen-bond donors (Lipinski definition) is 0. The summed E-state index contributed by atoms with van der Waals surface area (Å²) >= 11 is 1.60. The van der Waals surface area contributed by atoms with Gasteiger partial charge in [0.2, 0.25) is 10.9 Å². The molecule has 1 amide bonds. The van der Waals surface area contributed by atoms with Crippen LogP contribution in [0.5, 0.6) is 0 Å². The van der Waals surface area contributed by atoms with Gasteiger partial charge in [-0.2, -0.15) is 9.61 Å². The molecular formula is C17H19N5OS. The highest BCUT2D eigenvalue weighted by atomic mass is 32.1. The number of benzene rings is 1. The molecule has 1 aromatic carbocycles. The quantitative estimate of drug-likeness (QED) is 0.731. The Hall–Kier alpha value is -2.28. The lowest BCUT2D eigenvalue weighted by molar-refractivity contribution is -0.132. The maximum absolute atomic E-state index is 12.4. The third-order valence-electron chi connectivity index (χ3n) is 4.57. The molecule has 6 nitrogen and oxygen atoms in total. The van der Waals surface area contributed by atoms with Crippen LogP contribution < -0.4 is 0 Å². The molecule has 4 rings (SSSR count). The van der Waals surface area contributed by atoms with Crippen LogP contribution in [0, 0.1) is 0 Å². The van der Waals surface area contributed by atoms with Gasteiger partial charge >= 0.3 is 0 Å². The van der Waals surface area contributed by atoms with E-state index >= 15 is 0 Å². The van der Waals surface area contributed by atoms with Crippen LogP contribution in [0.25, 0.3) is 4.96 Å². The van der Waals surface area contributed by atoms with Crippen LogP contribution in [-0.2, 0) is 11.2 Å². The highest BCUT2D eigenvalue weighted by molar-refractivity contribution is 7.16. The zero-order valence-corrected chi connectivity index (χ0v) is 14.2. The van der Waals surface area contributed by atoms with Crippen molar-refractivity contribution in [3.05, 3.63) is 47.2 Å². The van der Waals surface area contributed by atoms with E-state index in [-0.39, 0.29) is 5.91 Å². The molecule has 0 radical (unpaired) electrons. The van der Waals surface area contributed by atoms with Gasteiger partial charge in [-0.05, 0) is 24.8 Å². The fourth-order valence-electron chi connectivity index (χ4n) is 3.17. The first-order valence-electron chi connectivity index (χ1n) is 8.28. The number of carbonyl (C=O) groups excluding carboxylic acids is 1. The standard InChI is InChI=1S/C17H19N5OS/c23-15(7-6-13-4-2-1-3-5-13)21-10-8-14(9-11-21)16-20-22-12-18-19-17(22)24-16/h1-5,12,14H,6-11H2. The highest BCUT2D eigenvalue weighted by Crippen LogP contribution is 2.30. The van der Waals surface area contributed by atoms with Crippen molar-refractivity contribution in [2.75, 3.05) is 13.1 Å². The first-order valence-corrected chi connectivity index (χ1v) is 9.10. The number of hydrogen-bond acceptors (Lipinski definition) is 5. The monoisotopic (exact) mass is 341 g/mol. The molecular weight excluding hydrogens is 322 g/mol. The SMILES string of the molecule is O=C(CCc1ccccc1)N1CCC(c2nn3cnnc3s2)CC1. The minimum atomic E-state index is 0.260. The summed E-state index contributed by atoms with van der Waals surface area (Å²) < 4.78 is 1.73. The van der Waals surface area contributed by atoms with Gasteiger partial charge in [-0.1, -0.05) is 41.7 Å². The molecule has 0 saturated carbocycles. The fraction of sp³-hybridized carbons (Fsp3) is 0.412. The zero-order valence-electron chi connectivity index (χ0n) is 13.3. The fourth-order valence-corrected chi connectivity index (χ4v) is 4.16. The van der Waals surface area contributed by atoms with E-state index in [1.54, 1.807) is 22.2 Å². The third kappa shape index (κ3) is 3.17. The molecule has 1 aliphatic heterocycles. The summed E-state index contributed by atoms with van der Waals surface area (Å²) in [6, 6.07) is 10.2. The second kappa shape index (κ2) is 6.68. The third-order valence-corrected chi connectivity index (χ3v) is 5.65. The number of likely N-dealkylation sites (tertiary alicyclic amines) is 1. The lowest BCUT2D eigenvalue weighted by atomic mass is 9.97. The van der Waals surface area contributed by atoms with Crippen molar-refractivity contribution in [3.63, 3.8) is 0 Å². The summed E-state index contributed by atoms with van der Waals surface area (Å²) in [5.74, 6) is 0.685. The van der Waals surface area contributed by atoms with Crippen LogP contribution in [0.3, 0.4) is 0 Å². The Balaban J connectivity index is 1.30. The van der Waals surface area contributed by atoms with Gasteiger partial charge in [0.05, 0.1) is 0 Å². The van der Waals surface area contributed by atoms with Crippen LogP contribution in [0.15, 0.2) is 36.7 Å². The topological polar surface area (TPSA) is 63.4 Å². The van der Waals surface area contributed by atoms with Gasteiger partial charge in [-0.3, -0.25) is 4.79 Å². The van der Waals surface area contributed by atoms with Crippen LogP contribution >= 0.6 is 11.3 Å². The zero-order chi connectivity index (χ0) is 16.4. The predicted molar refractivity (Wildman–Crippen MR) is 92.0 cm³/mol. The molecule has 2 aromatic heterocycles. The number of aromatic nitrogens is 4. The molecule has 3 aromatic rings. The van der Waals surface area contributed by atoms with Gasteiger partial charge < -0.3 is 4.90 Å². The van der Waals surface area contributed by atoms with Crippen molar-refractivity contribution in [3.8, 4) is 0 Å². The first kappa shape index (κ1) is 15.3. The predicted octanol–water partition coefficient (Wildman–Crippen LogP) is 2.52. The summed E-state index contributed by atoms with van der Waals surface area (Å²) in [5.41, 5.74) is 1.22. The second-order valence-corrected chi connectivity index (χ2v) is 7.13. The molecule has 1 aliphatic rings. The van der Waals surface area contributed by atoms with E-state index in [4.69, 9.17) is 0 Å². The van der Waals surface area contributed by atoms with Crippen LogP contribution in [0.1, 0.15) is 35.8 Å². The highest BCUT2D eigenvalue weighted by Gasteiger charge is 2.26. The van der Waals surface area contributed by atoms with E-state index in [1.807, 2.05) is 23.1 Å². The summed E-state index contributed by atoms with van der Waals surface area (Å²) in [6.07, 6.45) is 4.99. The molecule has 0 atom stereocenters. The lowest BCUT2D eigenvalue weighted by Crippen LogP contribution is -2.38. The minimum absolute atomic E-state index is 0.260. The summed E-state index contributed by atoms with van der Waals surface area (Å²) in [5, 5.41) is 13.5. The van der Waals surface area contributed by atoms with Gasteiger partial charge in [-0.25, -0.2) is 0 Å². The Bertz CT molecular complexity index is 791. The van der Waals surface area contributed by atoms with Crippen LogP contribution in [-0.4, -0.2) is 43.7 Å². The molecule has 24 heavy (non-hydrogen) atoms. The molecule has 0 unspecified atom stereocenters. The largest absolute Gasteiger partial charge is 0.343 e. The molecule has 0 bridgehead atoms. The van der Waals surface area contributed by atoms with Crippen LogP contribution in [0.2, 0.25) is 0 Å². The van der Waals surface area contributed by atoms with Crippen molar-refractivity contribution >= 4 is 22.2 Å². The molecule has 7 heteroatoms. The van der Waals surface area contributed by atoms with Gasteiger partial charge in [0.25, 0.3) is 0 Å². The average molecular weight is 341 g/mol. The minimum Gasteiger partial charge on any atom is -0.343 e. The summed E-state index contributed by atoms with van der Waals surface area (Å²) in [4.78, 5) is 15.2. The van der Waals surface area contributed by atoms with Crippen molar-refractivity contribution in [2.24, 2.45) is 0 Å². The number of nitrogens with zero attached hydrogens (tertiary/aromatic N) is 5.